The van der Waals surface area contributed by atoms with E-state index in [-0.39, 0.29) is 11.4 Å². The summed E-state index contributed by atoms with van der Waals surface area (Å²) >= 11 is 3.56. The molecule has 0 amide bonds. The molecule has 0 spiro atoms. The highest BCUT2D eigenvalue weighted by molar-refractivity contribution is 9.09. The van der Waals surface area contributed by atoms with Crippen LogP contribution < -0.4 is 4.74 Å². The Labute approximate surface area is 122 Å². The molecule has 0 atom stereocenters. The van der Waals surface area contributed by atoms with E-state index in [1.807, 2.05) is 18.2 Å². The number of hydrogen-bond donors (Lipinski definition) is 0. The first-order chi connectivity index (χ1) is 9.21. The van der Waals surface area contributed by atoms with E-state index in [0.29, 0.717) is 24.5 Å². The van der Waals surface area contributed by atoms with E-state index < -0.39 is 0 Å². The van der Waals surface area contributed by atoms with E-state index in [1.165, 1.54) is 19.3 Å². The minimum Gasteiger partial charge on any atom is -0.492 e. The molecule has 1 aromatic rings. The highest BCUT2D eigenvalue weighted by atomic mass is 79.9. The van der Waals surface area contributed by atoms with Crippen molar-refractivity contribution >= 4 is 21.9 Å². The van der Waals surface area contributed by atoms with Crippen LogP contribution in [-0.4, -0.2) is 24.5 Å². The van der Waals surface area contributed by atoms with E-state index >= 15 is 0 Å². The summed E-state index contributed by atoms with van der Waals surface area (Å²) in [6.45, 7) is 2.82. The molecule has 19 heavy (non-hydrogen) atoms. The first kappa shape index (κ1) is 14.4. The number of para-hydroxylation sites is 1. The Bertz CT molecular complexity index is 435. The maximum atomic E-state index is 11.8. The SMILES string of the molecule is CCOC(=O)c1ccccc1OCC1(CBr)CCC1. The molecule has 104 valence electrons. The number of hydrogen-bond acceptors (Lipinski definition) is 3. The fraction of sp³-hybridized carbons (Fsp3) is 0.533. The summed E-state index contributed by atoms with van der Waals surface area (Å²) in [6, 6.07) is 7.27. The summed E-state index contributed by atoms with van der Waals surface area (Å²) in [5.74, 6) is 0.299. The van der Waals surface area contributed by atoms with Crippen molar-refractivity contribution in [3.63, 3.8) is 0 Å². The summed E-state index contributed by atoms with van der Waals surface area (Å²) in [4.78, 5) is 11.8. The van der Waals surface area contributed by atoms with Gasteiger partial charge in [-0.2, -0.15) is 0 Å². The Hall–Kier alpha value is -1.03. The van der Waals surface area contributed by atoms with Gasteiger partial charge in [-0.25, -0.2) is 4.79 Å². The van der Waals surface area contributed by atoms with Crippen molar-refractivity contribution in [2.45, 2.75) is 26.2 Å². The van der Waals surface area contributed by atoms with Gasteiger partial charge in [0.1, 0.15) is 11.3 Å². The minimum absolute atomic E-state index is 0.238. The molecule has 0 bridgehead atoms. The third-order valence-corrected chi connectivity index (χ3v) is 4.80. The lowest BCUT2D eigenvalue weighted by atomic mass is 9.71. The molecule has 0 unspecified atom stereocenters. The van der Waals surface area contributed by atoms with Crippen LogP contribution in [0.4, 0.5) is 0 Å². The van der Waals surface area contributed by atoms with Crippen molar-refractivity contribution in [1.29, 1.82) is 0 Å². The average Bonchev–Trinajstić information content (AvgIpc) is 2.39. The van der Waals surface area contributed by atoms with Gasteiger partial charge in [-0.3, -0.25) is 0 Å². The first-order valence-electron chi connectivity index (χ1n) is 6.66. The third-order valence-electron chi connectivity index (χ3n) is 3.61. The number of benzene rings is 1. The normalized spacial score (nSPS) is 16.5. The molecule has 1 fully saturated rings. The number of esters is 1. The molecule has 1 aromatic carbocycles. The standard InChI is InChI=1S/C15H19BrO3/c1-2-18-14(17)12-6-3-4-7-13(12)19-11-15(10-16)8-5-9-15/h3-4,6-7H,2,5,8-11H2,1H3. The fourth-order valence-corrected chi connectivity index (χ4v) is 2.92. The first-order valence-corrected chi connectivity index (χ1v) is 7.78. The molecule has 1 saturated carbocycles. The van der Waals surface area contributed by atoms with E-state index in [1.54, 1.807) is 13.0 Å². The molecule has 1 aliphatic rings. The number of ether oxygens (including phenoxy) is 2. The summed E-state index contributed by atoms with van der Waals surface area (Å²) in [6.07, 6.45) is 3.62. The molecule has 4 heteroatoms. The van der Waals surface area contributed by atoms with E-state index in [0.717, 1.165) is 5.33 Å². The molecule has 2 rings (SSSR count). The number of halogens is 1. The fourth-order valence-electron chi connectivity index (χ4n) is 2.19. The van der Waals surface area contributed by atoms with Gasteiger partial charge in [-0.15, -0.1) is 0 Å². The molecule has 0 aromatic heterocycles. The molecular weight excluding hydrogens is 308 g/mol. The second kappa shape index (κ2) is 6.42. The lowest BCUT2D eigenvalue weighted by Gasteiger charge is -2.40. The topological polar surface area (TPSA) is 35.5 Å². The number of alkyl halides is 1. The minimum atomic E-state index is -0.320. The largest absolute Gasteiger partial charge is 0.492 e. The molecular formula is C15H19BrO3. The van der Waals surface area contributed by atoms with Crippen LogP contribution in [-0.2, 0) is 4.74 Å². The van der Waals surface area contributed by atoms with Crippen molar-refractivity contribution in [2.24, 2.45) is 5.41 Å². The molecule has 0 heterocycles. The van der Waals surface area contributed by atoms with Crippen LogP contribution in [0.25, 0.3) is 0 Å². The van der Waals surface area contributed by atoms with Crippen LogP contribution in [0.3, 0.4) is 0 Å². The third kappa shape index (κ3) is 3.30. The monoisotopic (exact) mass is 326 g/mol. The molecule has 1 aliphatic carbocycles. The van der Waals surface area contributed by atoms with Gasteiger partial charge in [0.2, 0.25) is 0 Å². The summed E-state index contributed by atoms with van der Waals surface area (Å²) < 4.78 is 10.9. The Kier molecular flexibility index (Phi) is 4.86. The van der Waals surface area contributed by atoms with Crippen LogP contribution in [0.2, 0.25) is 0 Å². The number of carbonyl (C=O) groups is 1. The summed E-state index contributed by atoms with van der Waals surface area (Å²) in [5, 5.41) is 0.946. The van der Waals surface area contributed by atoms with E-state index in [9.17, 15) is 4.79 Å². The average molecular weight is 327 g/mol. The summed E-state index contributed by atoms with van der Waals surface area (Å²) in [5.41, 5.74) is 0.746. The van der Waals surface area contributed by atoms with Crippen LogP contribution in [0, 0.1) is 5.41 Å². The van der Waals surface area contributed by atoms with Gasteiger partial charge in [0, 0.05) is 10.7 Å². The number of rotatable bonds is 6. The van der Waals surface area contributed by atoms with Gasteiger partial charge in [0.25, 0.3) is 0 Å². The highest BCUT2D eigenvalue weighted by Crippen LogP contribution is 2.42. The Balaban J connectivity index is 2.05. The van der Waals surface area contributed by atoms with Gasteiger partial charge in [0.15, 0.2) is 0 Å². The van der Waals surface area contributed by atoms with Gasteiger partial charge >= 0.3 is 5.97 Å². The lowest BCUT2D eigenvalue weighted by molar-refractivity contribution is 0.0508. The van der Waals surface area contributed by atoms with Crippen LogP contribution >= 0.6 is 15.9 Å². The van der Waals surface area contributed by atoms with Gasteiger partial charge < -0.3 is 9.47 Å². The zero-order valence-corrected chi connectivity index (χ0v) is 12.7. The van der Waals surface area contributed by atoms with Crippen molar-refractivity contribution in [3.8, 4) is 5.75 Å². The maximum absolute atomic E-state index is 11.8. The zero-order valence-electron chi connectivity index (χ0n) is 11.2. The highest BCUT2D eigenvalue weighted by Gasteiger charge is 2.37. The second-order valence-electron chi connectivity index (χ2n) is 4.99. The maximum Gasteiger partial charge on any atom is 0.341 e. The van der Waals surface area contributed by atoms with Gasteiger partial charge in [0.05, 0.1) is 13.2 Å². The Morgan fingerprint density at radius 1 is 1.37 bits per heavy atom. The van der Waals surface area contributed by atoms with Gasteiger partial charge in [-0.05, 0) is 31.9 Å². The predicted molar refractivity (Wildman–Crippen MR) is 78.0 cm³/mol. The molecule has 0 radical (unpaired) electrons. The molecule has 3 nitrogen and oxygen atoms in total. The zero-order chi connectivity index (χ0) is 13.7. The van der Waals surface area contributed by atoms with Crippen molar-refractivity contribution in [3.05, 3.63) is 29.8 Å². The van der Waals surface area contributed by atoms with Gasteiger partial charge in [-0.1, -0.05) is 34.5 Å². The molecule has 0 saturated heterocycles. The Morgan fingerprint density at radius 2 is 2.11 bits per heavy atom. The number of carbonyl (C=O) groups excluding carboxylic acids is 1. The van der Waals surface area contributed by atoms with Crippen molar-refractivity contribution < 1.29 is 14.3 Å². The van der Waals surface area contributed by atoms with Crippen molar-refractivity contribution in [2.75, 3.05) is 18.5 Å². The van der Waals surface area contributed by atoms with E-state index in [4.69, 9.17) is 9.47 Å². The van der Waals surface area contributed by atoms with Crippen LogP contribution in [0.5, 0.6) is 5.75 Å². The Morgan fingerprint density at radius 3 is 2.68 bits per heavy atom. The smallest absolute Gasteiger partial charge is 0.341 e. The predicted octanol–water partition coefficient (Wildman–Crippen LogP) is 3.81. The van der Waals surface area contributed by atoms with E-state index in [2.05, 4.69) is 15.9 Å². The van der Waals surface area contributed by atoms with Crippen molar-refractivity contribution in [1.82, 2.24) is 0 Å². The molecule has 0 aliphatic heterocycles. The van der Waals surface area contributed by atoms with Crippen LogP contribution in [0.15, 0.2) is 24.3 Å². The van der Waals surface area contributed by atoms with Crippen LogP contribution in [0.1, 0.15) is 36.5 Å². The second-order valence-corrected chi connectivity index (χ2v) is 5.55. The lowest BCUT2D eigenvalue weighted by Crippen LogP contribution is -2.37. The summed E-state index contributed by atoms with van der Waals surface area (Å²) in [7, 11) is 0. The molecule has 0 N–H and O–H groups in total. The quantitative estimate of drug-likeness (QED) is 0.589.